The molecule has 4 unspecified atom stereocenters. The van der Waals surface area contributed by atoms with E-state index in [1.807, 2.05) is 46.7 Å². The number of aliphatic hydroxyl groups is 3. The van der Waals surface area contributed by atoms with E-state index in [0.29, 0.717) is 19.3 Å². The number of carbonyl (C=O) groups excluding carboxylic acids is 2. The van der Waals surface area contributed by atoms with Crippen molar-refractivity contribution in [1.29, 1.82) is 0 Å². The van der Waals surface area contributed by atoms with Gasteiger partial charge in [-0.1, -0.05) is 27.7 Å². The number of esters is 1. The lowest BCUT2D eigenvalue weighted by molar-refractivity contribution is -0.275. The molecule has 0 saturated carbocycles. The van der Waals surface area contributed by atoms with Gasteiger partial charge in [0.1, 0.15) is 18.0 Å². The number of hydrogen-bond acceptors (Lipinski definition) is 9. The molecule has 0 aromatic rings. The summed E-state index contributed by atoms with van der Waals surface area (Å²) in [5.41, 5.74) is 0. The van der Waals surface area contributed by atoms with Crippen LogP contribution in [0.25, 0.3) is 0 Å². The van der Waals surface area contributed by atoms with Crippen molar-refractivity contribution in [2.45, 2.75) is 122 Å². The summed E-state index contributed by atoms with van der Waals surface area (Å²) in [4.78, 5) is 27.4. The first kappa shape index (κ1) is 30.1. The number of Topliss-reactive ketones (excluding diaryl/α,β-unsaturated/α-hetero) is 1. The van der Waals surface area contributed by atoms with E-state index in [4.69, 9.17) is 14.2 Å². The zero-order valence-corrected chi connectivity index (χ0v) is 22.4. The summed E-state index contributed by atoms with van der Waals surface area (Å²) in [6.45, 7) is 9.32. The fourth-order valence-electron chi connectivity index (χ4n) is 5.25. The molecule has 0 bridgehead atoms. The SMILES string of the molecule is CC[C@H]1OC(=O)C[C@@H](O)C[C@@H](OC2OC(C)CC(N(C)C)C2O)[C@@H](C)C[C@@H](C)C(=O)C[C@@H](O)[C@H]1C. The number of carbonyl (C=O) groups is 2. The highest BCUT2D eigenvalue weighted by Crippen LogP contribution is 2.31. The van der Waals surface area contributed by atoms with Crippen LogP contribution in [0.5, 0.6) is 0 Å². The Morgan fingerprint density at radius 2 is 1.66 bits per heavy atom. The van der Waals surface area contributed by atoms with Crippen LogP contribution in [0.3, 0.4) is 0 Å². The third kappa shape index (κ3) is 8.47. The highest BCUT2D eigenvalue weighted by atomic mass is 16.7. The van der Waals surface area contributed by atoms with Gasteiger partial charge in [-0.2, -0.15) is 0 Å². The van der Waals surface area contributed by atoms with Crippen LogP contribution in [-0.4, -0.2) is 95.0 Å². The third-order valence-electron chi connectivity index (χ3n) is 7.69. The van der Waals surface area contributed by atoms with Crippen molar-refractivity contribution in [2.75, 3.05) is 14.1 Å². The highest BCUT2D eigenvalue weighted by Gasteiger charge is 2.41. The van der Waals surface area contributed by atoms with Gasteiger partial charge in [-0.3, -0.25) is 9.59 Å². The average molecular weight is 502 g/mol. The Morgan fingerprint density at radius 1 is 1.00 bits per heavy atom. The van der Waals surface area contributed by atoms with Crippen LogP contribution in [0.4, 0.5) is 0 Å². The van der Waals surface area contributed by atoms with E-state index in [1.165, 1.54) is 0 Å². The van der Waals surface area contributed by atoms with E-state index in [-0.39, 0.29) is 49.0 Å². The van der Waals surface area contributed by atoms with Gasteiger partial charge in [0.2, 0.25) is 0 Å². The quantitative estimate of drug-likeness (QED) is 0.495. The minimum atomic E-state index is -1.02. The van der Waals surface area contributed by atoms with Crippen molar-refractivity contribution in [3.8, 4) is 0 Å². The van der Waals surface area contributed by atoms with Crippen molar-refractivity contribution < 1.29 is 39.1 Å². The fourth-order valence-corrected chi connectivity index (χ4v) is 5.25. The van der Waals surface area contributed by atoms with Crippen molar-refractivity contribution in [3.63, 3.8) is 0 Å². The maximum Gasteiger partial charge on any atom is 0.308 e. The first-order chi connectivity index (χ1) is 16.3. The lowest BCUT2D eigenvalue weighted by Gasteiger charge is -2.43. The Bertz CT molecular complexity index is 688. The van der Waals surface area contributed by atoms with E-state index < -0.39 is 48.7 Å². The second-order valence-electron chi connectivity index (χ2n) is 11.0. The molecule has 2 saturated heterocycles. The molecular weight excluding hydrogens is 454 g/mol. The number of hydrogen-bond donors (Lipinski definition) is 3. The topological polar surface area (TPSA) is 126 Å². The summed E-state index contributed by atoms with van der Waals surface area (Å²) in [5.74, 6) is -1.52. The molecule has 11 atom stereocenters. The number of ketones is 1. The minimum Gasteiger partial charge on any atom is -0.462 e. The molecule has 9 nitrogen and oxygen atoms in total. The number of ether oxygens (including phenoxy) is 3. The molecule has 2 rings (SSSR count). The van der Waals surface area contributed by atoms with Crippen molar-refractivity contribution in [3.05, 3.63) is 0 Å². The molecule has 0 radical (unpaired) electrons. The molecule has 35 heavy (non-hydrogen) atoms. The van der Waals surface area contributed by atoms with Gasteiger partial charge < -0.3 is 34.4 Å². The molecule has 2 fully saturated rings. The fraction of sp³-hybridized carbons (Fsp3) is 0.923. The Labute approximate surface area is 210 Å². The third-order valence-corrected chi connectivity index (χ3v) is 7.69. The minimum absolute atomic E-state index is 0.0102. The lowest BCUT2D eigenvalue weighted by atomic mass is 9.84. The van der Waals surface area contributed by atoms with E-state index in [2.05, 4.69) is 0 Å². The number of rotatable bonds is 4. The number of likely N-dealkylation sites (N-methyl/N-ethyl adjacent to an activating group) is 1. The molecule has 0 amide bonds. The highest BCUT2D eigenvalue weighted by molar-refractivity contribution is 5.81. The maximum absolute atomic E-state index is 12.9. The first-order valence-corrected chi connectivity index (χ1v) is 13.1. The molecule has 204 valence electrons. The van der Waals surface area contributed by atoms with Crippen LogP contribution in [0.15, 0.2) is 0 Å². The standard InChI is InChI=1S/C26H47NO8/c1-8-22-17(5)21(30)13-20(29)14(2)9-15(3)23(11-18(28)12-24(31)34-22)35-26-25(32)19(27(6)7)10-16(4)33-26/h14-19,21-23,25-26,28,30,32H,8-13H2,1-7H3/t14-,15+,16?,17-,18+,19?,21-,22-,23-,25?,26?/m1/s1. The predicted molar refractivity (Wildman–Crippen MR) is 130 cm³/mol. The first-order valence-electron chi connectivity index (χ1n) is 13.1. The van der Waals surface area contributed by atoms with E-state index in [0.717, 1.165) is 0 Å². The van der Waals surface area contributed by atoms with Crippen LogP contribution < -0.4 is 0 Å². The molecule has 2 aliphatic heterocycles. The summed E-state index contributed by atoms with van der Waals surface area (Å²) >= 11 is 0. The zero-order chi connectivity index (χ0) is 26.4. The molecule has 3 N–H and O–H groups in total. The Hall–Kier alpha value is -1.10. The molecule has 2 aliphatic rings. The Morgan fingerprint density at radius 3 is 2.26 bits per heavy atom. The molecule has 2 heterocycles. The van der Waals surface area contributed by atoms with E-state index in [9.17, 15) is 24.9 Å². The van der Waals surface area contributed by atoms with Crippen LogP contribution in [0.1, 0.15) is 73.1 Å². The van der Waals surface area contributed by atoms with Crippen molar-refractivity contribution in [2.24, 2.45) is 17.8 Å². The smallest absolute Gasteiger partial charge is 0.308 e. The Kier molecular flexibility index (Phi) is 11.6. The molecule has 0 aliphatic carbocycles. The van der Waals surface area contributed by atoms with Gasteiger partial charge in [-0.05, 0) is 46.2 Å². The van der Waals surface area contributed by atoms with Crippen molar-refractivity contribution >= 4 is 11.8 Å². The Balaban J connectivity index is 2.25. The second-order valence-corrected chi connectivity index (χ2v) is 11.0. The second kappa shape index (κ2) is 13.4. The van der Waals surface area contributed by atoms with Gasteiger partial charge in [-0.25, -0.2) is 0 Å². The zero-order valence-electron chi connectivity index (χ0n) is 22.4. The van der Waals surface area contributed by atoms with Crippen LogP contribution >= 0.6 is 0 Å². The summed E-state index contributed by atoms with van der Waals surface area (Å²) in [6.07, 6.45) is -3.39. The normalized spacial score (nSPS) is 43.0. The van der Waals surface area contributed by atoms with Gasteiger partial charge in [-0.15, -0.1) is 0 Å². The van der Waals surface area contributed by atoms with E-state index >= 15 is 0 Å². The van der Waals surface area contributed by atoms with Crippen LogP contribution in [0.2, 0.25) is 0 Å². The van der Waals surface area contributed by atoms with Gasteiger partial charge in [0.25, 0.3) is 0 Å². The molecule has 0 aromatic heterocycles. The molecular formula is C26H47NO8. The van der Waals surface area contributed by atoms with Crippen LogP contribution in [-0.2, 0) is 23.8 Å². The number of cyclic esters (lactones) is 1. The molecule has 0 aromatic carbocycles. The monoisotopic (exact) mass is 501 g/mol. The van der Waals surface area contributed by atoms with Gasteiger partial charge >= 0.3 is 5.97 Å². The molecule has 9 heteroatoms. The predicted octanol–water partition coefficient (Wildman–Crippen LogP) is 1.89. The summed E-state index contributed by atoms with van der Waals surface area (Å²) in [6, 6.07) is -0.146. The van der Waals surface area contributed by atoms with Gasteiger partial charge in [0.15, 0.2) is 6.29 Å². The summed E-state index contributed by atoms with van der Waals surface area (Å²) < 4.78 is 17.8. The lowest BCUT2D eigenvalue weighted by Crippen LogP contribution is -2.55. The van der Waals surface area contributed by atoms with Crippen LogP contribution in [0, 0.1) is 17.8 Å². The van der Waals surface area contributed by atoms with Crippen molar-refractivity contribution in [1.82, 2.24) is 4.90 Å². The van der Waals surface area contributed by atoms with E-state index in [1.54, 1.807) is 6.92 Å². The molecule has 0 spiro atoms. The summed E-state index contributed by atoms with van der Waals surface area (Å²) in [5, 5.41) is 32.3. The number of aliphatic hydroxyl groups excluding tert-OH is 3. The largest absolute Gasteiger partial charge is 0.462 e. The average Bonchev–Trinajstić information content (AvgIpc) is 2.77. The van der Waals surface area contributed by atoms with Gasteiger partial charge in [0.05, 0.1) is 30.8 Å². The number of nitrogens with zero attached hydrogens (tertiary/aromatic N) is 1. The summed E-state index contributed by atoms with van der Waals surface area (Å²) in [7, 11) is 3.79. The van der Waals surface area contributed by atoms with Gasteiger partial charge in [0, 0.05) is 30.7 Å². The maximum atomic E-state index is 12.9.